The van der Waals surface area contributed by atoms with Crippen LogP contribution in [-0.4, -0.2) is 21.7 Å². The molecular weight excluding hydrogens is 144 g/mol. The van der Waals surface area contributed by atoms with E-state index >= 15 is 0 Å². The van der Waals surface area contributed by atoms with E-state index in [1.807, 2.05) is 6.07 Å². The summed E-state index contributed by atoms with van der Waals surface area (Å²) in [5.74, 6) is 0. The Morgan fingerprint density at radius 3 is 3.27 bits per heavy atom. The van der Waals surface area contributed by atoms with E-state index in [4.69, 9.17) is 9.52 Å². The molecular formula is C7H8N2O2. The minimum Gasteiger partial charge on any atom is -0.442 e. The highest BCUT2D eigenvalue weighted by molar-refractivity contribution is 5.69. The molecule has 11 heavy (non-hydrogen) atoms. The van der Waals surface area contributed by atoms with Crippen LogP contribution in [0.3, 0.4) is 0 Å². The summed E-state index contributed by atoms with van der Waals surface area (Å²) in [6.45, 7) is 0.142. The fourth-order valence-electron chi connectivity index (χ4n) is 1.05. The highest BCUT2D eigenvalue weighted by Crippen LogP contribution is 2.12. The summed E-state index contributed by atoms with van der Waals surface area (Å²) in [5, 5.41) is 8.61. The average Bonchev–Trinajstić information content (AvgIpc) is 2.46. The molecule has 2 rings (SSSR count). The topological polar surface area (TPSA) is 62.1 Å². The Hall–Kier alpha value is -1.29. The largest absolute Gasteiger partial charge is 0.442 e. The quantitative estimate of drug-likeness (QED) is 0.665. The lowest BCUT2D eigenvalue weighted by Crippen LogP contribution is -1.89. The molecule has 0 aliphatic heterocycles. The van der Waals surface area contributed by atoms with Crippen molar-refractivity contribution in [2.45, 2.75) is 6.42 Å². The first-order valence-corrected chi connectivity index (χ1v) is 3.42. The minimum atomic E-state index is 0.142. The van der Waals surface area contributed by atoms with Crippen LogP contribution >= 0.6 is 0 Å². The molecule has 2 N–H and O–H groups in total. The fourth-order valence-corrected chi connectivity index (χ4v) is 1.05. The van der Waals surface area contributed by atoms with E-state index in [0.717, 1.165) is 16.9 Å². The molecule has 0 atom stereocenters. The van der Waals surface area contributed by atoms with Gasteiger partial charge in [0.2, 0.25) is 0 Å². The predicted molar refractivity (Wildman–Crippen MR) is 39.1 cm³/mol. The zero-order valence-electron chi connectivity index (χ0n) is 5.87. The number of nitrogens with one attached hydrogen (secondary N) is 1. The highest BCUT2D eigenvalue weighted by Gasteiger charge is 2.02. The molecule has 2 aromatic rings. The van der Waals surface area contributed by atoms with Crippen molar-refractivity contribution in [1.82, 2.24) is 9.97 Å². The Morgan fingerprint density at radius 2 is 2.55 bits per heavy atom. The maximum absolute atomic E-state index is 8.61. The molecule has 4 nitrogen and oxygen atoms in total. The SMILES string of the molecule is OCCc1cc2ocnc2[nH]1. The van der Waals surface area contributed by atoms with E-state index in [0.29, 0.717) is 6.42 Å². The van der Waals surface area contributed by atoms with Crippen LogP contribution in [0.15, 0.2) is 16.9 Å². The fraction of sp³-hybridized carbons (Fsp3) is 0.286. The normalized spacial score (nSPS) is 11.0. The number of aromatic nitrogens is 2. The Bertz CT molecular complexity index is 321. The van der Waals surface area contributed by atoms with Gasteiger partial charge < -0.3 is 14.5 Å². The van der Waals surface area contributed by atoms with Gasteiger partial charge in [-0.3, -0.25) is 0 Å². The lowest BCUT2D eigenvalue weighted by Gasteiger charge is -1.87. The van der Waals surface area contributed by atoms with Gasteiger partial charge in [-0.2, -0.15) is 4.98 Å². The number of aliphatic hydroxyl groups excluding tert-OH is 1. The van der Waals surface area contributed by atoms with E-state index in [1.165, 1.54) is 6.39 Å². The van der Waals surface area contributed by atoms with Gasteiger partial charge in [0.25, 0.3) is 0 Å². The van der Waals surface area contributed by atoms with Gasteiger partial charge in [0.05, 0.1) is 0 Å². The number of hydrogen-bond donors (Lipinski definition) is 2. The van der Waals surface area contributed by atoms with Crippen molar-refractivity contribution in [1.29, 1.82) is 0 Å². The summed E-state index contributed by atoms with van der Waals surface area (Å²) in [5.41, 5.74) is 2.44. The molecule has 0 saturated carbocycles. The van der Waals surface area contributed by atoms with Gasteiger partial charge in [0, 0.05) is 24.8 Å². The summed E-state index contributed by atoms with van der Waals surface area (Å²) < 4.78 is 5.02. The second-order valence-corrected chi connectivity index (χ2v) is 2.33. The van der Waals surface area contributed by atoms with E-state index < -0.39 is 0 Å². The first-order valence-electron chi connectivity index (χ1n) is 3.42. The molecule has 0 unspecified atom stereocenters. The van der Waals surface area contributed by atoms with Crippen molar-refractivity contribution in [3.63, 3.8) is 0 Å². The summed E-state index contributed by atoms with van der Waals surface area (Å²) in [6.07, 6.45) is 2.01. The number of nitrogens with zero attached hydrogens (tertiary/aromatic N) is 1. The number of hydrogen-bond acceptors (Lipinski definition) is 3. The Labute approximate surface area is 62.9 Å². The van der Waals surface area contributed by atoms with Gasteiger partial charge >= 0.3 is 0 Å². The number of rotatable bonds is 2. The zero-order chi connectivity index (χ0) is 7.68. The van der Waals surface area contributed by atoms with Crippen LogP contribution in [0.1, 0.15) is 5.69 Å². The lowest BCUT2D eigenvalue weighted by atomic mass is 10.3. The molecule has 2 aromatic heterocycles. The van der Waals surface area contributed by atoms with Crippen molar-refractivity contribution in [3.8, 4) is 0 Å². The summed E-state index contributed by atoms with van der Waals surface area (Å²) in [7, 11) is 0. The molecule has 0 aliphatic carbocycles. The molecule has 0 aliphatic rings. The van der Waals surface area contributed by atoms with Crippen molar-refractivity contribution in [3.05, 3.63) is 18.2 Å². The van der Waals surface area contributed by atoms with Crippen molar-refractivity contribution in [2.75, 3.05) is 6.61 Å². The highest BCUT2D eigenvalue weighted by atomic mass is 16.3. The molecule has 0 radical (unpaired) electrons. The van der Waals surface area contributed by atoms with Gasteiger partial charge in [-0.25, -0.2) is 0 Å². The van der Waals surface area contributed by atoms with Gasteiger partial charge in [-0.15, -0.1) is 0 Å². The number of aromatic amines is 1. The number of fused-ring (bicyclic) bond motifs is 1. The maximum Gasteiger partial charge on any atom is 0.183 e. The standard InChI is InChI=1S/C7H8N2O2/c10-2-1-5-3-6-7(9-5)8-4-11-6/h3-4,9-10H,1-2H2. The zero-order valence-corrected chi connectivity index (χ0v) is 5.87. The smallest absolute Gasteiger partial charge is 0.183 e. The molecule has 4 heteroatoms. The lowest BCUT2D eigenvalue weighted by molar-refractivity contribution is 0.298. The number of H-pyrrole nitrogens is 1. The van der Waals surface area contributed by atoms with Crippen LogP contribution in [-0.2, 0) is 6.42 Å². The molecule has 0 spiro atoms. The summed E-state index contributed by atoms with van der Waals surface area (Å²) >= 11 is 0. The van der Waals surface area contributed by atoms with Crippen LogP contribution in [0.5, 0.6) is 0 Å². The number of oxazole rings is 1. The van der Waals surface area contributed by atoms with E-state index in [9.17, 15) is 0 Å². The third-order valence-electron chi connectivity index (χ3n) is 1.56. The summed E-state index contributed by atoms with van der Waals surface area (Å²) in [6, 6.07) is 1.85. The van der Waals surface area contributed by atoms with Gasteiger partial charge in [0.15, 0.2) is 17.6 Å². The average molecular weight is 152 g/mol. The van der Waals surface area contributed by atoms with Crippen molar-refractivity contribution >= 4 is 11.2 Å². The van der Waals surface area contributed by atoms with Crippen LogP contribution in [0, 0.1) is 0 Å². The first-order chi connectivity index (χ1) is 5.40. The molecule has 0 bridgehead atoms. The predicted octanol–water partition coefficient (Wildman–Crippen LogP) is 0.691. The Balaban J connectivity index is 2.42. The molecule has 58 valence electrons. The summed E-state index contributed by atoms with van der Waals surface area (Å²) in [4.78, 5) is 6.93. The third kappa shape index (κ3) is 1.01. The van der Waals surface area contributed by atoms with Crippen LogP contribution in [0.25, 0.3) is 11.2 Å². The molecule has 0 aromatic carbocycles. The molecule has 0 amide bonds. The second-order valence-electron chi connectivity index (χ2n) is 2.33. The van der Waals surface area contributed by atoms with Gasteiger partial charge in [-0.1, -0.05) is 0 Å². The van der Waals surface area contributed by atoms with E-state index in [2.05, 4.69) is 9.97 Å². The van der Waals surface area contributed by atoms with Crippen molar-refractivity contribution in [2.24, 2.45) is 0 Å². The van der Waals surface area contributed by atoms with Gasteiger partial charge in [-0.05, 0) is 0 Å². The van der Waals surface area contributed by atoms with E-state index in [1.54, 1.807) is 0 Å². The van der Waals surface area contributed by atoms with Gasteiger partial charge in [0.1, 0.15) is 0 Å². The van der Waals surface area contributed by atoms with Crippen molar-refractivity contribution < 1.29 is 9.52 Å². The third-order valence-corrected chi connectivity index (χ3v) is 1.56. The second kappa shape index (κ2) is 2.39. The van der Waals surface area contributed by atoms with Crippen LogP contribution in [0.4, 0.5) is 0 Å². The van der Waals surface area contributed by atoms with Crippen LogP contribution in [0.2, 0.25) is 0 Å². The Kier molecular flexibility index (Phi) is 1.40. The monoisotopic (exact) mass is 152 g/mol. The Morgan fingerprint density at radius 1 is 1.64 bits per heavy atom. The minimum absolute atomic E-state index is 0.142. The maximum atomic E-state index is 8.61. The first kappa shape index (κ1) is 6.42. The molecule has 0 fully saturated rings. The van der Waals surface area contributed by atoms with E-state index in [-0.39, 0.29) is 6.61 Å². The number of aliphatic hydroxyl groups is 1. The van der Waals surface area contributed by atoms with Crippen LogP contribution < -0.4 is 0 Å². The molecule has 2 heterocycles. The molecule has 0 saturated heterocycles.